The number of halogens is 1. The van der Waals surface area contributed by atoms with Gasteiger partial charge in [0.25, 0.3) is 0 Å². The number of pyridine rings is 2. The standard InChI is InChI=1S/C21H15FN6S/c22-15-7-5-12(6-8-15)17-11-29-21-26-25-20(28(21)27-17)16-10-14-2-1-9-23-19(14)24-18(16)13-3-4-13/h1-2,5-10,13H,3-4,11H2. The number of thioether (sulfide) groups is 1. The van der Waals surface area contributed by atoms with E-state index >= 15 is 0 Å². The molecule has 0 bridgehead atoms. The van der Waals surface area contributed by atoms with Crippen LogP contribution in [0.5, 0.6) is 0 Å². The molecule has 3 aromatic heterocycles. The fourth-order valence-electron chi connectivity index (χ4n) is 3.55. The first-order valence-corrected chi connectivity index (χ1v) is 10.4. The second kappa shape index (κ2) is 6.45. The zero-order chi connectivity index (χ0) is 19.4. The zero-order valence-electron chi connectivity index (χ0n) is 15.3. The van der Waals surface area contributed by atoms with Gasteiger partial charge in [-0.15, -0.1) is 10.2 Å². The third-order valence-corrected chi connectivity index (χ3v) is 6.10. The average Bonchev–Trinajstić information content (AvgIpc) is 3.52. The van der Waals surface area contributed by atoms with Crippen LogP contribution in [-0.4, -0.2) is 36.3 Å². The molecule has 4 heterocycles. The molecule has 29 heavy (non-hydrogen) atoms. The summed E-state index contributed by atoms with van der Waals surface area (Å²) in [5, 5.41) is 15.3. The minimum absolute atomic E-state index is 0.256. The van der Waals surface area contributed by atoms with Gasteiger partial charge in [0.2, 0.25) is 5.16 Å². The normalized spacial score (nSPS) is 16.0. The summed E-state index contributed by atoms with van der Waals surface area (Å²) in [6, 6.07) is 12.4. The highest BCUT2D eigenvalue weighted by Crippen LogP contribution is 2.44. The Morgan fingerprint density at radius 3 is 2.76 bits per heavy atom. The monoisotopic (exact) mass is 402 g/mol. The zero-order valence-corrected chi connectivity index (χ0v) is 16.1. The number of aromatic nitrogens is 5. The van der Waals surface area contributed by atoms with E-state index in [1.54, 1.807) is 34.8 Å². The first kappa shape index (κ1) is 16.8. The van der Waals surface area contributed by atoms with E-state index in [1.165, 1.54) is 12.1 Å². The van der Waals surface area contributed by atoms with Crippen molar-refractivity contribution in [3.05, 3.63) is 65.7 Å². The number of nitrogens with zero attached hydrogens (tertiary/aromatic N) is 6. The summed E-state index contributed by atoms with van der Waals surface area (Å²) < 4.78 is 15.1. The van der Waals surface area contributed by atoms with Gasteiger partial charge in [-0.1, -0.05) is 23.9 Å². The lowest BCUT2D eigenvalue weighted by atomic mass is 10.1. The SMILES string of the molecule is Fc1ccc(C2=Nn3c(nnc3-c3cc4cccnc4nc3C3CC3)SC2)cc1. The number of hydrogen-bond donors (Lipinski definition) is 0. The van der Waals surface area contributed by atoms with E-state index in [0.717, 1.165) is 51.6 Å². The predicted octanol–water partition coefficient (Wildman–Crippen LogP) is 4.26. The quantitative estimate of drug-likeness (QED) is 0.512. The van der Waals surface area contributed by atoms with Crippen LogP contribution in [0.3, 0.4) is 0 Å². The highest BCUT2D eigenvalue weighted by atomic mass is 32.2. The third kappa shape index (κ3) is 2.91. The molecule has 0 N–H and O–H groups in total. The van der Waals surface area contributed by atoms with Crippen molar-refractivity contribution in [3.8, 4) is 11.4 Å². The van der Waals surface area contributed by atoms with E-state index in [2.05, 4.69) is 21.2 Å². The van der Waals surface area contributed by atoms with Crippen LogP contribution in [0.4, 0.5) is 4.39 Å². The van der Waals surface area contributed by atoms with Gasteiger partial charge in [-0.05, 0) is 48.7 Å². The maximum absolute atomic E-state index is 13.3. The minimum atomic E-state index is -0.256. The molecule has 0 radical (unpaired) electrons. The molecular formula is C21H15FN6S. The number of benzene rings is 1. The molecule has 1 saturated carbocycles. The van der Waals surface area contributed by atoms with Crippen LogP contribution < -0.4 is 0 Å². The molecule has 1 fully saturated rings. The molecule has 0 saturated heterocycles. The topological polar surface area (TPSA) is 68.8 Å². The van der Waals surface area contributed by atoms with Crippen LogP contribution in [0.15, 0.2) is 58.9 Å². The smallest absolute Gasteiger partial charge is 0.212 e. The van der Waals surface area contributed by atoms with Gasteiger partial charge in [0.05, 0.1) is 11.4 Å². The second-order valence-electron chi connectivity index (χ2n) is 7.21. The molecule has 0 unspecified atom stereocenters. The van der Waals surface area contributed by atoms with E-state index < -0.39 is 0 Å². The Bertz CT molecular complexity index is 1280. The summed E-state index contributed by atoms with van der Waals surface area (Å²) in [6.07, 6.45) is 4.01. The maximum atomic E-state index is 13.3. The van der Waals surface area contributed by atoms with Crippen molar-refractivity contribution in [2.75, 3.05) is 5.75 Å². The lowest BCUT2D eigenvalue weighted by Gasteiger charge is -2.15. The predicted molar refractivity (Wildman–Crippen MR) is 110 cm³/mol. The van der Waals surface area contributed by atoms with Gasteiger partial charge < -0.3 is 0 Å². The van der Waals surface area contributed by atoms with Crippen molar-refractivity contribution >= 4 is 28.5 Å². The van der Waals surface area contributed by atoms with Crippen LogP contribution in [0.25, 0.3) is 22.4 Å². The highest BCUT2D eigenvalue weighted by Gasteiger charge is 2.31. The maximum Gasteiger partial charge on any atom is 0.212 e. The first-order chi connectivity index (χ1) is 14.3. The van der Waals surface area contributed by atoms with Gasteiger partial charge in [0.1, 0.15) is 5.82 Å². The fraction of sp³-hybridized carbons (Fsp3) is 0.190. The third-order valence-electron chi connectivity index (χ3n) is 5.17. The molecule has 8 heteroatoms. The fourth-order valence-corrected chi connectivity index (χ4v) is 4.38. The highest BCUT2D eigenvalue weighted by molar-refractivity contribution is 7.99. The molecule has 0 atom stereocenters. The van der Waals surface area contributed by atoms with Crippen LogP contribution in [0.2, 0.25) is 0 Å². The molecule has 6 nitrogen and oxygen atoms in total. The van der Waals surface area contributed by atoms with Crippen LogP contribution in [0.1, 0.15) is 30.0 Å². The Kier molecular flexibility index (Phi) is 3.73. The van der Waals surface area contributed by atoms with Crippen molar-refractivity contribution in [1.29, 1.82) is 0 Å². The van der Waals surface area contributed by atoms with Crippen molar-refractivity contribution in [1.82, 2.24) is 24.8 Å². The number of hydrogen-bond acceptors (Lipinski definition) is 6. The van der Waals surface area contributed by atoms with E-state index in [1.807, 2.05) is 12.1 Å². The summed E-state index contributed by atoms with van der Waals surface area (Å²) in [6.45, 7) is 0. The Balaban J connectivity index is 1.52. The summed E-state index contributed by atoms with van der Waals surface area (Å²) in [4.78, 5) is 9.24. The van der Waals surface area contributed by atoms with E-state index in [4.69, 9.17) is 10.1 Å². The van der Waals surface area contributed by atoms with Crippen molar-refractivity contribution in [2.45, 2.75) is 23.9 Å². The second-order valence-corrected chi connectivity index (χ2v) is 8.15. The molecule has 0 spiro atoms. The molecular weight excluding hydrogens is 387 g/mol. The van der Waals surface area contributed by atoms with Crippen LogP contribution in [0, 0.1) is 5.82 Å². The van der Waals surface area contributed by atoms with Crippen molar-refractivity contribution in [2.24, 2.45) is 5.10 Å². The van der Waals surface area contributed by atoms with Crippen molar-refractivity contribution in [3.63, 3.8) is 0 Å². The van der Waals surface area contributed by atoms with Crippen LogP contribution in [-0.2, 0) is 0 Å². The summed E-state index contributed by atoms with van der Waals surface area (Å²) in [5.41, 5.74) is 4.48. The van der Waals surface area contributed by atoms with Crippen LogP contribution >= 0.6 is 11.8 Å². The number of fused-ring (bicyclic) bond motifs is 2. The van der Waals surface area contributed by atoms with Gasteiger partial charge in [-0.3, -0.25) is 0 Å². The Hall–Kier alpha value is -3.13. The van der Waals surface area contributed by atoms with E-state index in [-0.39, 0.29) is 5.82 Å². The molecule has 4 aromatic rings. The minimum Gasteiger partial charge on any atom is -0.237 e. The molecule has 2 aliphatic rings. The van der Waals surface area contributed by atoms with Gasteiger partial charge >= 0.3 is 0 Å². The molecule has 0 amide bonds. The van der Waals surface area contributed by atoms with Gasteiger partial charge in [0, 0.05) is 28.8 Å². The average molecular weight is 402 g/mol. The van der Waals surface area contributed by atoms with Crippen molar-refractivity contribution < 1.29 is 4.39 Å². The largest absolute Gasteiger partial charge is 0.237 e. The molecule has 1 aromatic carbocycles. The summed E-state index contributed by atoms with van der Waals surface area (Å²) >= 11 is 1.58. The number of rotatable bonds is 3. The first-order valence-electron chi connectivity index (χ1n) is 9.44. The molecule has 6 rings (SSSR count). The van der Waals surface area contributed by atoms with E-state index in [0.29, 0.717) is 17.5 Å². The summed E-state index contributed by atoms with van der Waals surface area (Å²) in [5.74, 6) is 1.53. The Labute approximate surface area is 169 Å². The Morgan fingerprint density at radius 1 is 1.07 bits per heavy atom. The Morgan fingerprint density at radius 2 is 1.93 bits per heavy atom. The van der Waals surface area contributed by atoms with Gasteiger partial charge in [0.15, 0.2) is 11.5 Å². The van der Waals surface area contributed by atoms with Gasteiger partial charge in [-0.2, -0.15) is 9.78 Å². The summed E-state index contributed by atoms with van der Waals surface area (Å²) in [7, 11) is 0. The lowest BCUT2D eigenvalue weighted by Crippen LogP contribution is -2.14. The van der Waals surface area contributed by atoms with Gasteiger partial charge in [-0.25, -0.2) is 14.4 Å². The molecule has 1 aliphatic heterocycles. The molecule has 142 valence electrons. The van der Waals surface area contributed by atoms with E-state index in [9.17, 15) is 4.39 Å². The lowest BCUT2D eigenvalue weighted by molar-refractivity contribution is 0.627. The molecule has 1 aliphatic carbocycles.